The number of ether oxygens (including phenoxy) is 1. The van der Waals surface area contributed by atoms with Gasteiger partial charge in [-0.25, -0.2) is 0 Å². The summed E-state index contributed by atoms with van der Waals surface area (Å²) in [5.41, 5.74) is 1.75. The van der Waals surface area contributed by atoms with Crippen LogP contribution in [0, 0.1) is 6.92 Å². The minimum absolute atomic E-state index is 0.258. The van der Waals surface area contributed by atoms with E-state index in [1.54, 1.807) is 26.2 Å². The Morgan fingerprint density at radius 3 is 2.70 bits per heavy atom. The highest BCUT2D eigenvalue weighted by Crippen LogP contribution is 2.25. The molecule has 0 aliphatic heterocycles. The van der Waals surface area contributed by atoms with Gasteiger partial charge >= 0.3 is 0 Å². The highest BCUT2D eigenvalue weighted by molar-refractivity contribution is 6.00. The van der Waals surface area contributed by atoms with Gasteiger partial charge in [0, 0.05) is 6.54 Å². The molecule has 0 bridgehead atoms. The van der Waals surface area contributed by atoms with Crippen molar-refractivity contribution in [3.05, 3.63) is 59.5 Å². The molecule has 6 heteroatoms. The molecule has 1 amide bonds. The summed E-state index contributed by atoms with van der Waals surface area (Å²) < 4.78 is 15.5. The Morgan fingerprint density at radius 1 is 1.26 bits per heavy atom. The first-order valence-electron chi connectivity index (χ1n) is 7.10. The largest absolute Gasteiger partial charge is 0.497 e. The van der Waals surface area contributed by atoms with Gasteiger partial charge in [-0.05, 0) is 36.8 Å². The molecule has 1 aromatic carbocycles. The average Bonchev–Trinajstić information content (AvgIpc) is 3.22. The van der Waals surface area contributed by atoms with Crippen LogP contribution in [0.15, 0.2) is 51.6 Å². The van der Waals surface area contributed by atoms with Crippen molar-refractivity contribution in [2.75, 3.05) is 7.11 Å². The lowest BCUT2D eigenvalue weighted by Gasteiger charge is -2.06. The van der Waals surface area contributed by atoms with Crippen molar-refractivity contribution in [2.45, 2.75) is 13.5 Å². The lowest BCUT2D eigenvalue weighted by Crippen LogP contribution is -2.23. The third-order valence-electron chi connectivity index (χ3n) is 3.46. The first-order chi connectivity index (χ1) is 11.2. The van der Waals surface area contributed by atoms with Crippen molar-refractivity contribution in [3.8, 4) is 17.2 Å². The molecule has 0 spiro atoms. The zero-order valence-electron chi connectivity index (χ0n) is 12.8. The van der Waals surface area contributed by atoms with Crippen molar-refractivity contribution in [2.24, 2.45) is 0 Å². The number of hydrogen-bond acceptors (Lipinski definition) is 5. The molecular formula is C17H16N2O4. The van der Waals surface area contributed by atoms with Gasteiger partial charge in [0.25, 0.3) is 5.91 Å². The van der Waals surface area contributed by atoms with Gasteiger partial charge in [-0.2, -0.15) is 0 Å². The van der Waals surface area contributed by atoms with Crippen LogP contribution in [0.5, 0.6) is 5.75 Å². The molecule has 1 N–H and O–H groups in total. The predicted octanol–water partition coefficient (Wildman–Crippen LogP) is 3.18. The summed E-state index contributed by atoms with van der Waals surface area (Å²) in [7, 11) is 1.61. The second kappa shape index (κ2) is 6.39. The maximum absolute atomic E-state index is 12.5. The Morgan fingerprint density at radius 2 is 2.04 bits per heavy atom. The Labute approximate surface area is 133 Å². The molecule has 0 atom stereocenters. The van der Waals surface area contributed by atoms with E-state index in [4.69, 9.17) is 13.7 Å². The Kier molecular flexibility index (Phi) is 4.14. The zero-order chi connectivity index (χ0) is 16.2. The normalized spacial score (nSPS) is 10.5. The second-order valence-corrected chi connectivity index (χ2v) is 4.97. The van der Waals surface area contributed by atoms with Gasteiger partial charge in [0.1, 0.15) is 17.1 Å². The summed E-state index contributed by atoms with van der Waals surface area (Å²) in [5.74, 6) is 1.46. The molecule has 0 aliphatic carbocycles. The number of aryl methyl sites for hydroxylation is 1. The Balaban J connectivity index is 1.74. The molecule has 0 saturated carbocycles. The molecular weight excluding hydrogens is 296 g/mol. The molecule has 2 aromatic heterocycles. The number of hydrogen-bond donors (Lipinski definition) is 1. The third-order valence-corrected chi connectivity index (χ3v) is 3.46. The fraction of sp³-hybridized carbons (Fsp3) is 0.176. The first-order valence-corrected chi connectivity index (χ1v) is 7.10. The van der Waals surface area contributed by atoms with Crippen LogP contribution in [-0.2, 0) is 6.54 Å². The van der Waals surface area contributed by atoms with Crippen LogP contribution < -0.4 is 10.1 Å². The number of aromatic nitrogens is 1. The van der Waals surface area contributed by atoms with Gasteiger partial charge in [0.05, 0.1) is 13.4 Å². The number of nitrogens with one attached hydrogen (secondary N) is 1. The molecule has 0 fully saturated rings. The smallest absolute Gasteiger partial charge is 0.257 e. The summed E-state index contributed by atoms with van der Waals surface area (Å²) in [4.78, 5) is 12.5. The van der Waals surface area contributed by atoms with Crippen LogP contribution in [-0.4, -0.2) is 18.2 Å². The van der Waals surface area contributed by atoms with Crippen LogP contribution in [0.2, 0.25) is 0 Å². The second-order valence-electron chi connectivity index (χ2n) is 4.97. The minimum Gasteiger partial charge on any atom is -0.497 e. The van der Waals surface area contributed by atoms with E-state index in [1.807, 2.05) is 24.3 Å². The number of methoxy groups -OCH3 is 1. The maximum Gasteiger partial charge on any atom is 0.257 e. The molecule has 0 saturated heterocycles. The van der Waals surface area contributed by atoms with E-state index in [0.29, 0.717) is 29.3 Å². The lowest BCUT2D eigenvalue weighted by molar-refractivity contribution is 0.0950. The number of rotatable bonds is 5. The van der Waals surface area contributed by atoms with E-state index in [-0.39, 0.29) is 5.91 Å². The van der Waals surface area contributed by atoms with Crippen molar-refractivity contribution in [1.82, 2.24) is 10.5 Å². The topological polar surface area (TPSA) is 77.5 Å². The quantitative estimate of drug-likeness (QED) is 0.783. The number of benzene rings is 1. The number of nitrogens with zero attached hydrogens (tertiary/aromatic N) is 1. The molecule has 23 heavy (non-hydrogen) atoms. The molecule has 118 valence electrons. The van der Waals surface area contributed by atoms with E-state index in [2.05, 4.69) is 10.5 Å². The van der Waals surface area contributed by atoms with Crippen molar-refractivity contribution in [3.63, 3.8) is 0 Å². The van der Waals surface area contributed by atoms with Crippen LogP contribution in [0.25, 0.3) is 11.5 Å². The molecule has 0 radical (unpaired) electrons. The summed E-state index contributed by atoms with van der Waals surface area (Å²) in [6.07, 6.45) is 1.53. The van der Waals surface area contributed by atoms with E-state index in [0.717, 1.165) is 11.3 Å². The van der Waals surface area contributed by atoms with Crippen LogP contribution >= 0.6 is 0 Å². The van der Waals surface area contributed by atoms with Crippen LogP contribution in [0.1, 0.15) is 21.7 Å². The van der Waals surface area contributed by atoms with Crippen molar-refractivity contribution < 1.29 is 18.5 Å². The van der Waals surface area contributed by atoms with Gasteiger partial charge in [-0.3, -0.25) is 4.79 Å². The number of furan rings is 1. The predicted molar refractivity (Wildman–Crippen MR) is 83.1 cm³/mol. The molecule has 0 unspecified atom stereocenters. The van der Waals surface area contributed by atoms with Gasteiger partial charge in [-0.1, -0.05) is 17.3 Å². The molecule has 3 rings (SSSR count). The van der Waals surface area contributed by atoms with Crippen molar-refractivity contribution in [1.29, 1.82) is 0 Å². The standard InChI is InChI=1S/C17H16N2O4/c1-11-15(16(19-23-11)14-4-3-9-22-14)17(20)18-10-12-5-7-13(21-2)8-6-12/h3-9H,10H2,1-2H3,(H,18,20). The van der Waals surface area contributed by atoms with Gasteiger partial charge in [-0.15, -0.1) is 0 Å². The number of carbonyl (C=O) groups is 1. The maximum atomic E-state index is 12.5. The van der Waals surface area contributed by atoms with Crippen LogP contribution in [0.4, 0.5) is 0 Å². The van der Waals surface area contributed by atoms with E-state index in [9.17, 15) is 4.79 Å². The molecule has 2 heterocycles. The summed E-state index contributed by atoms with van der Waals surface area (Å²) in [5, 5.41) is 6.77. The van der Waals surface area contributed by atoms with Crippen molar-refractivity contribution >= 4 is 5.91 Å². The lowest BCUT2D eigenvalue weighted by atomic mass is 10.1. The Bertz CT molecular complexity index is 789. The summed E-state index contributed by atoms with van der Waals surface area (Å²) in [6.45, 7) is 2.09. The highest BCUT2D eigenvalue weighted by Gasteiger charge is 2.22. The minimum atomic E-state index is -0.258. The molecule has 6 nitrogen and oxygen atoms in total. The monoisotopic (exact) mass is 312 g/mol. The highest BCUT2D eigenvalue weighted by atomic mass is 16.5. The number of carbonyl (C=O) groups excluding carboxylic acids is 1. The first kappa shape index (κ1) is 14.9. The SMILES string of the molecule is COc1ccc(CNC(=O)c2c(-c3ccco3)noc2C)cc1. The average molecular weight is 312 g/mol. The summed E-state index contributed by atoms with van der Waals surface area (Å²) in [6, 6.07) is 11.0. The van der Waals surface area contributed by atoms with Gasteiger partial charge < -0.3 is 19.0 Å². The van der Waals surface area contributed by atoms with E-state index >= 15 is 0 Å². The third kappa shape index (κ3) is 3.11. The summed E-state index contributed by atoms with van der Waals surface area (Å²) >= 11 is 0. The number of amides is 1. The van der Waals surface area contributed by atoms with Gasteiger partial charge in [0.15, 0.2) is 11.5 Å². The molecule has 3 aromatic rings. The fourth-order valence-corrected chi connectivity index (χ4v) is 2.24. The fourth-order valence-electron chi connectivity index (χ4n) is 2.24. The zero-order valence-corrected chi connectivity index (χ0v) is 12.8. The Hall–Kier alpha value is -3.02. The van der Waals surface area contributed by atoms with Crippen LogP contribution in [0.3, 0.4) is 0 Å². The van der Waals surface area contributed by atoms with Gasteiger partial charge in [0.2, 0.25) is 0 Å². The van der Waals surface area contributed by atoms with E-state index < -0.39 is 0 Å². The molecule has 0 aliphatic rings. The van der Waals surface area contributed by atoms with E-state index in [1.165, 1.54) is 6.26 Å².